The van der Waals surface area contributed by atoms with Crippen molar-refractivity contribution in [3.63, 3.8) is 0 Å². The molecule has 0 saturated heterocycles. The molecule has 5 heteroatoms. The first-order chi connectivity index (χ1) is 0. The Balaban J connectivity index is 0. The number of hydrogen-bond donors (Lipinski definition) is 0. The van der Waals surface area contributed by atoms with Crippen molar-refractivity contribution in [2.24, 2.45) is 0 Å². The largest absolute Gasteiger partial charge is 0 e. The van der Waals surface area contributed by atoms with E-state index in [2.05, 4.69) is 0 Å². The van der Waals surface area contributed by atoms with Gasteiger partial charge in [-0.05, 0) is 0 Å². The average Bonchev–Trinajstić information content (AvgIpc) is 0. The van der Waals surface area contributed by atoms with Crippen LogP contribution in [0.2, 0.25) is 0 Å². The Morgan fingerprint density at radius 2 is 0.800 bits per heavy atom. The van der Waals surface area contributed by atoms with E-state index in [1.807, 2.05) is 0 Å². The minimum absolute atomic E-state index is 0. The fraction of sp³-hybridized carbons (Fsp3) is 0. The Bertz CT molecular complexity index is 9.61. The molecule has 6 radical (unpaired) electrons. The van der Waals surface area contributed by atoms with Crippen molar-refractivity contribution in [2.75, 3.05) is 0 Å². The van der Waals surface area contributed by atoms with Gasteiger partial charge in [-0.3, -0.25) is 0 Å². The van der Waals surface area contributed by atoms with Crippen LogP contribution < -0.4 is 0 Å². The van der Waals surface area contributed by atoms with Crippen LogP contribution in [0.3, 0.4) is 0 Å². The van der Waals surface area contributed by atoms with E-state index in [0.29, 0.717) is 0 Å². The summed E-state index contributed by atoms with van der Waals surface area (Å²) >= 11 is 0. The van der Waals surface area contributed by atoms with Gasteiger partial charge in [0, 0.05) is 115 Å². The molecule has 0 atom stereocenters. The van der Waals surface area contributed by atoms with Crippen LogP contribution in [0.25, 0.3) is 0 Å². The van der Waals surface area contributed by atoms with Crippen molar-refractivity contribution in [1.82, 2.24) is 0 Å². The second kappa shape index (κ2) is 25.0. The maximum Gasteiger partial charge on any atom is 0 e. The summed E-state index contributed by atoms with van der Waals surface area (Å²) in [6.45, 7) is 0. The van der Waals surface area contributed by atoms with Gasteiger partial charge in [-0.15, -0.1) is 0 Å². The fourth-order valence-electron chi connectivity index (χ4n) is 0. The summed E-state index contributed by atoms with van der Waals surface area (Å²) in [6, 6.07) is 0. The third-order valence-corrected chi connectivity index (χ3v) is 0. The van der Waals surface area contributed by atoms with Crippen LogP contribution in [-0.4, -0.2) is 46.1 Å². The van der Waals surface area contributed by atoms with Crippen molar-refractivity contribution in [1.29, 1.82) is 0 Å². The van der Waals surface area contributed by atoms with Crippen LogP contribution in [0.15, 0.2) is 0 Å². The predicted octanol–water partition coefficient (Wildman–Crippen LogP) is -0.769. The molecule has 0 aliphatic rings. The van der Waals surface area contributed by atoms with Crippen molar-refractivity contribution < 1.29 is 69.3 Å². The summed E-state index contributed by atoms with van der Waals surface area (Å²) in [6.07, 6.45) is 0. The summed E-state index contributed by atoms with van der Waals surface area (Å²) in [5, 5.41) is 0. The molecular formula is Mg2MnYZn. The maximum atomic E-state index is 0. The van der Waals surface area contributed by atoms with Crippen LogP contribution in [0.4, 0.5) is 0 Å². The van der Waals surface area contributed by atoms with Crippen molar-refractivity contribution >= 4 is 46.1 Å². The van der Waals surface area contributed by atoms with Crippen LogP contribution in [0.1, 0.15) is 0 Å². The second-order valence-electron chi connectivity index (χ2n) is 0. The topological polar surface area (TPSA) is 0 Å². The second-order valence-corrected chi connectivity index (χ2v) is 0. The summed E-state index contributed by atoms with van der Waals surface area (Å²) in [7, 11) is 0. The third kappa shape index (κ3) is 18.2. The Morgan fingerprint density at radius 1 is 0.800 bits per heavy atom. The van der Waals surface area contributed by atoms with Gasteiger partial charge in [0.15, 0.2) is 0 Å². The zero-order chi connectivity index (χ0) is 0. The van der Waals surface area contributed by atoms with Gasteiger partial charge in [-0.25, -0.2) is 0 Å². The van der Waals surface area contributed by atoms with Gasteiger partial charge in [0.25, 0.3) is 0 Å². The molecule has 0 N–H and O–H groups in total. The van der Waals surface area contributed by atoms with Crippen LogP contribution in [0.5, 0.6) is 0 Å². The Hall–Kier alpha value is 3.78. The number of rotatable bonds is 0. The van der Waals surface area contributed by atoms with Crippen molar-refractivity contribution in [2.45, 2.75) is 0 Å². The van der Waals surface area contributed by atoms with E-state index in [-0.39, 0.29) is 115 Å². The average molecular weight is 258 g/mol. The molecule has 0 spiro atoms. The molecule has 0 nitrogen and oxygen atoms in total. The quantitative estimate of drug-likeness (QED) is 0.500. The van der Waals surface area contributed by atoms with E-state index in [1.54, 1.807) is 0 Å². The van der Waals surface area contributed by atoms with Gasteiger partial charge < -0.3 is 0 Å². The standard InChI is InChI=1S/2Mg.Mn.Y.Zn. The first-order valence-electron chi connectivity index (χ1n) is 0. The summed E-state index contributed by atoms with van der Waals surface area (Å²) in [4.78, 5) is 0. The molecular weight excluding hydrogens is 258 g/mol. The van der Waals surface area contributed by atoms with Crippen LogP contribution >= 0.6 is 0 Å². The predicted molar refractivity (Wildman–Crippen MR) is 11.5 cm³/mol. The van der Waals surface area contributed by atoms with Gasteiger partial charge in [0.2, 0.25) is 0 Å². The Morgan fingerprint density at radius 3 is 0.800 bits per heavy atom. The molecule has 16 valence electrons. The molecule has 0 aromatic rings. The molecule has 0 aliphatic heterocycles. The Kier molecular flexibility index (Phi) is 186. The molecule has 0 aromatic heterocycles. The molecule has 5 heavy (non-hydrogen) atoms. The van der Waals surface area contributed by atoms with E-state index in [1.165, 1.54) is 0 Å². The van der Waals surface area contributed by atoms with E-state index in [9.17, 15) is 0 Å². The van der Waals surface area contributed by atoms with Gasteiger partial charge in [-0.2, -0.15) is 0 Å². The van der Waals surface area contributed by atoms with Crippen molar-refractivity contribution in [3.05, 3.63) is 0 Å². The first-order valence-corrected chi connectivity index (χ1v) is 0. The summed E-state index contributed by atoms with van der Waals surface area (Å²) in [5.41, 5.74) is 0. The minimum atomic E-state index is 0. The van der Waals surface area contributed by atoms with E-state index in [0.717, 1.165) is 0 Å². The SMILES string of the molecule is [Mg].[Mg].[Mn].[Y].[Zn]. The zero-order valence-corrected chi connectivity index (χ0v) is 12.9. The first kappa shape index (κ1) is 37.2. The monoisotopic (exact) mass is 256 g/mol. The maximum absolute atomic E-state index is 0. The fourth-order valence-corrected chi connectivity index (χ4v) is 0. The molecule has 0 fully saturated rings. The molecule has 0 saturated carbocycles. The molecule has 0 aliphatic carbocycles. The van der Waals surface area contributed by atoms with Crippen molar-refractivity contribution in [3.8, 4) is 0 Å². The zero-order valence-electron chi connectivity index (χ0n) is 3.08. The normalized spacial score (nSPS) is 0. The summed E-state index contributed by atoms with van der Waals surface area (Å²) in [5.74, 6) is 0. The van der Waals surface area contributed by atoms with E-state index >= 15 is 0 Å². The van der Waals surface area contributed by atoms with Crippen LogP contribution in [-0.2, 0) is 69.3 Å². The van der Waals surface area contributed by atoms with Gasteiger partial charge in [0.1, 0.15) is 0 Å². The minimum Gasteiger partial charge on any atom is 0 e. The van der Waals surface area contributed by atoms with Gasteiger partial charge >= 0.3 is 0 Å². The molecule has 0 heterocycles. The van der Waals surface area contributed by atoms with Crippen LogP contribution in [0, 0.1) is 0 Å². The molecule has 0 rings (SSSR count). The molecule has 0 amide bonds. The van der Waals surface area contributed by atoms with Gasteiger partial charge in [-0.1, -0.05) is 0 Å². The number of hydrogen-bond acceptors (Lipinski definition) is 0. The molecule has 0 unspecified atom stereocenters. The van der Waals surface area contributed by atoms with Gasteiger partial charge in [0.05, 0.1) is 0 Å². The van der Waals surface area contributed by atoms with E-state index < -0.39 is 0 Å². The third-order valence-electron chi connectivity index (χ3n) is 0. The molecule has 0 bridgehead atoms. The smallest absolute Gasteiger partial charge is 0 e. The molecule has 0 aromatic carbocycles. The Labute approximate surface area is 113 Å². The summed E-state index contributed by atoms with van der Waals surface area (Å²) < 4.78 is 0. The van der Waals surface area contributed by atoms with E-state index in [4.69, 9.17) is 0 Å².